The lowest BCUT2D eigenvalue weighted by atomic mass is 9.94. The normalized spacial score (nSPS) is 24.7. The van der Waals surface area contributed by atoms with E-state index in [-0.39, 0.29) is 17.0 Å². The van der Waals surface area contributed by atoms with Gasteiger partial charge in [-0.25, -0.2) is 9.78 Å². The maximum absolute atomic E-state index is 12.7. The summed E-state index contributed by atoms with van der Waals surface area (Å²) in [6.07, 6.45) is 4.21. The van der Waals surface area contributed by atoms with Crippen molar-refractivity contribution in [3.63, 3.8) is 0 Å². The van der Waals surface area contributed by atoms with Gasteiger partial charge in [-0.1, -0.05) is 26.8 Å². The Morgan fingerprint density at radius 1 is 1.42 bits per heavy atom. The molecule has 0 spiro atoms. The molecule has 0 amide bonds. The number of aromatic nitrogens is 3. The second-order valence-corrected chi connectivity index (χ2v) is 8.58. The van der Waals surface area contributed by atoms with E-state index in [0.29, 0.717) is 35.5 Å². The summed E-state index contributed by atoms with van der Waals surface area (Å²) in [5.74, 6) is 0.0295. The zero-order valence-corrected chi connectivity index (χ0v) is 15.4. The summed E-state index contributed by atoms with van der Waals surface area (Å²) in [5, 5.41) is 19.9. The molecule has 134 valence electrons. The Bertz CT molecular complexity index is 1090. The number of imidazole rings is 1. The van der Waals surface area contributed by atoms with Crippen LogP contribution in [0.1, 0.15) is 32.9 Å². The highest BCUT2D eigenvalue weighted by Gasteiger charge is 2.52. The number of allylic oxidation sites excluding steroid dienone is 2. The predicted octanol–water partition coefficient (Wildman–Crippen LogP) is 2.38. The zero-order chi connectivity index (χ0) is 18.9. The van der Waals surface area contributed by atoms with Crippen molar-refractivity contribution in [2.45, 2.75) is 39.3 Å². The Hall–Kier alpha value is -2.65. The van der Waals surface area contributed by atoms with E-state index in [1.807, 2.05) is 18.2 Å². The molecule has 0 radical (unpaired) electrons. The first-order chi connectivity index (χ1) is 12.1. The van der Waals surface area contributed by atoms with Gasteiger partial charge in [0.05, 0.1) is 28.5 Å². The smallest absolute Gasteiger partial charge is 0.330 e. The lowest BCUT2D eigenvalue weighted by Crippen LogP contribution is -2.27. The highest BCUT2D eigenvalue weighted by molar-refractivity contribution is 5.86. The van der Waals surface area contributed by atoms with Gasteiger partial charge < -0.3 is 5.11 Å². The van der Waals surface area contributed by atoms with Crippen LogP contribution in [0.4, 0.5) is 0 Å². The van der Waals surface area contributed by atoms with E-state index in [1.54, 1.807) is 22.3 Å². The Balaban J connectivity index is 1.86. The fourth-order valence-electron chi connectivity index (χ4n) is 3.64. The molecule has 2 aromatic heterocycles. The van der Waals surface area contributed by atoms with E-state index >= 15 is 0 Å². The molecule has 2 heterocycles. The summed E-state index contributed by atoms with van der Waals surface area (Å²) in [6, 6.07) is 5.91. The van der Waals surface area contributed by atoms with Gasteiger partial charge in [-0.15, -0.1) is 0 Å². The summed E-state index contributed by atoms with van der Waals surface area (Å²) in [7, 11) is 1.71. The Morgan fingerprint density at radius 2 is 2.15 bits per heavy atom. The van der Waals surface area contributed by atoms with Crippen LogP contribution in [0.15, 0.2) is 34.7 Å². The summed E-state index contributed by atoms with van der Waals surface area (Å²) in [5.41, 5.74) is 2.14. The summed E-state index contributed by atoms with van der Waals surface area (Å²) < 4.78 is 3.28. The number of fused-ring (bicyclic) bond motifs is 2. The third-order valence-electron chi connectivity index (χ3n) is 5.09. The van der Waals surface area contributed by atoms with Gasteiger partial charge in [-0.2, -0.15) is 5.26 Å². The molecule has 4 rings (SSSR count). The fraction of sp³-hybridized carbons (Fsp3) is 0.450. The van der Waals surface area contributed by atoms with E-state index < -0.39 is 5.60 Å². The number of aryl methyl sites for hydroxylation is 1. The molecule has 1 N–H and O–H groups in total. The Labute approximate surface area is 151 Å². The largest absolute Gasteiger partial charge is 0.385 e. The van der Waals surface area contributed by atoms with Gasteiger partial charge >= 0.3 is 5.69 Å². The third kappa shape index (κ3) is 2.51. The number of hydrogen-bond donors (Lipinski definition) is 1. The zero-order valence-electron chi connectivity index (χ0n) is 15.4. The molecule has 6 nitrogen and oxygen atoms in total. The number of aliphatic hydroxyl groups is 1. The number of nitrogens with zero attached hydrogens (tertiary/aromatic N) is 4. The van der Waals surface area contributed by atoms with Crippen LogP contribution < -0.4 is 5.69 Å². The van der Waals surface area contributed by atoms with Crippen molar-refractivity contribution in [2.75, 3.05) is 0 Å². The van der Waals surface area contributed by atoms with Crippen LogP contribution >= 0.6 is 0 Å². The van der Waals surface area contributed by atoms with Crippen molar-refractivity contribution in [3.05, 3.63) is 46.0 Å². The molecule has 0 saturated heterocycles. The van der Waals surface area contributed by atoms with Crippen molar-refractivity contribution in [2.24, 2.45) is 18.4 Å². The van der Waals surface area contributed by atoms with E-state index in [0.717, 1.165) is 5.52 Å². The van der Waals surface area contributed by atoms with Crippen LogP contribution in [-0.2, 0) is 13.6 Å². The fourth-order valence-corrected chi connectivity index (χ4v) is 3.64. The Kier molecular flexibility index (Phi) is 3.35. The predicted molar refractivity (Wildman–Crippen MR) is 99.2 cm³/mol. The molecule has 1 saturated carbocycles. The molecule has 2 unspecified atom stereocenters. The lowest BCUT2D eigenvalue weighted by molar-refractivity contribution is 0.190. The topological polar surface area (TPSA) is 83.8 Å². The first-order valence-corrected chi connectivity index (χ1v) is 8.77. The minimum absolute atomic E-state index is 0.0295. The number of pyridine rings is 1. The molecule has 2 atom stereocenters. The molecule has 2 aromatic rings. The Morgan fingerprint density at radius 3 is 2.81 bits per heavy atom. The monoisotopic (exact) mass is 350 g/mol. The SMILES string of the molecule is Cn1c(=O)n(CC(C)(C)C)c2ccc(C3=CC4(O)CC4C=C3C#N)nc21. The molecule has 0 aliphatic heterocycles. The quantitative estimate of drug-likeness (QED) is 0.901. The van der Waals surface area contributed by atoms with Crippen molar-refractivity contribution in [3.8, 4) is 6.07 Å². The third-order valence-corrected chi connectivity index (χ3v) is 5.09. The second-order valence-electron chi connectivity index (χ2n) is 8.58. The summed E-state index contributed by atoms with van der Waals surface area (Å²) in [6.45, 7) is 6.86. The average Bonchev–Trinajstić information content (AvgIpc) is 3.20. The molecule has 2 aliphatic carbocycles. The molecule has 0 aromatic carbocycles. The number of nitriles is 1. The van der Waals surface area contributed by atoms with Crippen molar-refractivity contribution in [1.29, 1.82) is 5.26 Å². The molecule has 2 aliphatic rings. The maximum Gasteiger partial charge on any atom is 0.330 e. The minimum atomic E-state index is -0.851. The van der Waals surface area contributed by atoms with Crippen LogP contribution in [-0.4, -0.2) is 24.8 Å². The van der Waals surface area contributed by atoms with Gasteiger partial charge in [0.15, 0.2) is 5.65 Å². The van der Waals surface area contributed by atoms with Crippen molar-refractivity contribution in [1.82, 2.24) is 14.1 Å². The van der Waals surface area contributed by atoms with E-state index in [9.17, 15) is 15.2 Å². The van der Waals surface area contributed by atoms with Gasteiger partial charge in [0.2, 0.25) is 0 Å². The van der Waals surface area contributed by atoms with E-state index in [4.69, 9.17) is 0 Å². The summed E-state index contributed by atoms with van der Waals surface area (Å²) >= 11 is 0. The van der Waals surface area contributed by atoms with E-state index in [2.05, 4.69) is 31.8 Å². The van der Waals surface area contributed by atoms with Gasteiger partial charge in [0.25, 0.3) is 0 Å². The number of rotatable bonds is 2. The second kappa shape index (κ2) is 5.18. The molecule has 26 heavy (non-hydrogen) atoms. The van der Waals surface area contributed by atoms with Crippen LogP contribution in [0.25, 0.3) is 16.7 Å². The van der Waals surface area contributed by atoms with Gasteiger partial charge in [0.1, 0.15) is 0 Å². The first kappa shape index (κ1) is 16.8. The van der Waals surface area contributed by atoms with E-state index in [1.165, 1.54) is 0 Å². The minimum Gasteiger partial charge on any atom is -0.385 e. The van der Waals surface area contributed by atoms with Crippen LogP contribution in [0.2, 0.25) is 0 Å². The highest BCUT2D eigenvalue weighted by Crippen LogP contribution is 2.51. The van der Waals surface area contributed by atoms with Crippen LogP contribution in [0, 0.1) is 22.7 Å². The van der Waals surface area contributed by atoms with Crippen molar-refractivity contribution < 1.29 is 5.11 Å². The molecular weight excluding hydrogens is 328 g/mol. The first-order valence-electron chi connectivity index (χ1n) is 8.77. The van der Waals surface area contributed by atoms with Gasteiger partial charge in [0, 0.05) is 25.1 Å². The standard InChI is InChI=1S/C20H22N4O2/c1-19(2,3)11-24-16-6-5-15(22-17(16)23(4)18(24)25)14-9-20(26)8-13(20)7-12(14)10-21/h5-7,9,13,26H,8,11H2,1-4H3. The maximum atomic E-state index is 12.7. The van der Waals surface area contributed by atoms with Crippen molar-refractivity contribution >= 4 is 16.7 Å². The lowest BCUT2D eigenvalue weighted by Gasteiger charge is -2.18. The number of hydrogen-bond acceptors (Lipinski definition) is 4. The highest BCUT2D eigenvalue weighted by atomic mass is 16.3. The molecule has 0 bridgehead atoms. The van der Waals surface area contributed by atoms with Crippen LogP contribution in [0.3, 0.4) is 0 Å². The van der Waals surface area contributed by atoms with Gasteiger partial charge in [-0.05, 0) is 30.0 Å². The van der Waals surface area contributed by atoms with Crippen LogP contribution in [0.5, 0.6) is 0 Å². The van der Waals surface area contributed by atoms with Gasteiger partial charge in [-0.3, -0.25) is 9.13 Å². The average molecular weight is 350 g/mol. The summed E-state index contributed by atoms with van der Waals surface area (Å²) in [4.78, 5) is 17.3. The molecule has 1 fully saturated rings. The molecular formula is C20H22N4O2. The molecule has 6 heteroatoms.